The van der Waals surface area contributed by atoms with Crippen molar-refractivity contribution in [3.05, 3.63) is 75.6 Å². The van der Waals surface area contributed by atoms with E-state index in [1.807, 2.05) is 30.3 Å². The van der Waals surface area contributed by atoms with E-state index >= 15 is 0 Å². The van der Waals surface area contributed by atoms with Gasteiger partial charge in [0.2, 0.25) is 0 Å². The molecule has 0 aliphatic rings. The largest absolute Gasteiger partial charge is 0.444 e. The van der Waals surface area contributed by atoms with Crippen molar-refractivity contribution in [2.45, 2.75) is 71.9 Å². The summed E-state index contributed by atoms with van der Waals surface area (Å²) in [5, 5.41) is 3.45. The van der Waals surface area contributed by atoms with Gasteiger partial charge in [-0.25, -0.2) is 14.4 Å². The number of aryl methyl sites for hydroxylation is 2. The molecule has 7 nitrogen and oxygen atoms in total. The minimum absolute atomic E-state index is 0.224. The molecule has 0 fully saturated rings. The topological polar surface area (TPSA) is 94.8 Å². The Morgan fingerprint density at radius 2 is 1.80 bits per heavy atom. The normalized spacial score (nSPS) is 12.3. The summed E-state index contributed by atoms with van der Waals surface area (Å²) in [5.41, 5.74) is 1.55. The highest BCUT2D eigenvalue weighted by molar-refractivity contribution is 5.88. The van der Waals surface area contributed by atoms with E-state index in [2.05, 4.69) is 12.2 Å². The maximum Gasteiger partial charge on any atom is 0.408 e. The van der Waals surface area contributed by atoms with Crippen molar-refractivity contribution in [1.82, 2.24) is 5.32 Å². The molecule has 0 saturated carbocycles. The third-order valence-electron chi connectivity index (χ3n) is 5.47. The van der Waals surface area contributed by atoms with Gasteiger partial charge in [0.15, 0.2) is 0 Å². The van der Waals surface area contributed by atoms with E-state index in [0.29, 0.717) is 11.1 Å². The molecule has 0 spiro atoms. The number of unbranched alkanes of at least 4 members (excludes halogenated alkanes) is 1. The first-order chi connectivity index (χ1) is 16.6. The summed E-state index contributed by atoms with van der Waals surface area (Å²) >= 11 is 0. The molecule has 2 aromatic carbocycles. The first kappa shape index (κ1) is 26.0. The van der Waals surface area contributed by atoms with Crippen LogP contribution in [0.15, 0.2) is 57.7 Å². The summed E-state index contributed by atoms with van der Waals surface area (Å²) in [6, 6.07) is 13.3. The number of ether oxygens (including phenoxy) is 2. The fourth-order valence-electron chi connectivity index (χ4n) is 3.77. The number of carbonyl (C=O) groups excluding carboxylic acids is 2. The van der Waals surface area contributed by atoms with Crippen molar-refractivity contribution >= 4 is 23.0 Å². The van der Waals surface area contributed by atoms with Gasteiger partial charge in [-0.1, -0.05) is 43.7 Å². The van der Waals surface area contributed by atoms with Crippen LogP contribution in [0.4, 0.5) is 4.79 Å². The summed E-state index contributed by atoms with van der Waals surface area (Å²) in [6.45, 7) is 9.08. The number of hydrogen-bond acceptors (Lipinski definition) is 6. The first-order valence-electron chi connectivity index (χ1n) is 11.9. The van der Waals surface area contributed by atoms with E-state index in [0.717, 1.165) is 35.8 Å². The molecule has 3 rings (SSSR count). The lowest BCUT2D eigenvalue weighted by atomic mass is 10.0. The van der Waals surface area contributed by atoms with Gasteiger partial charge in [0.25, 0.3) is 0 Å². The Hall–Kier alpha value is -3.61. The van der Waals surface area contributed by atoms with Crippen LogP contribution in [0.5, 0.6) is 5.75 Å². The van der Waals surface area contributed by atoms with E-state index < -0.39 is 29.3 Å². The lowest BCUT2D eigenvalue weighted by molar-refractivity contribution is -0.136. The van der Waals surface area contributed by atoms with Crippen molar-refractivity contribution in [1.29, 1.82) is 0 Å². The van der Waals surface area contributed by atoms with E-state index in [4.69, 9.17) is 13.9 Å². The molecule has 3 aromatic rings. The lowest BCUT2D eigenvalue weighted by Gasteiger charge is -2.23. The Morgan fingerprint density at radius 3 is 2.46 bits per heavy atom. The molecule has 1 N–H and O–H groups in total. The molecule has 186 valence electrons. The minimum atomic E-state index is -0.981. The highest BCUT2D eigenvalue weighted by atomic mass is 16.6. The standard InChI is InChI=1S/C28H33NO6/c1-6-7-13-20-17-24(30)34-25-18(2)23(15-14-21(20)25)33-26(31)22(16-19-11-9-8-10-12-19)29-27(32)35-28(3,4)5/h8-12,14-15,17,22H,6-7,13,16H2,1-5H3,(H,29,32)/t22-/m0/s1. The molecule has 0 saturated heterocycles. The van der Waals surface area contributed by atoms with Gasteiger partial charge in [-0.3, -0.25) is 0 Å². The van der Waals surface area contributed by atoms with Crippen molar-refractivity contribution in [3.8, 4) is 5.75 Å². The summed E-state index contributed by atoms with van der Waals surface area (Å²) in [4.78, 5) is 37.8. The van der Waals surface area contributed by atoms with E-state index in [1.54, 1.807) is 39.8 Å². The van der Waals surface area contributed by atoms with Crippen molar-refractivity contribution in [3.63, 3.8) is 0 Å². The molecule has 0 aliphatic carbocycles. The highest BCUT2D eigenvalue weighted by Crippen LogP contribution is 2.29. The number of hydrogen-bond donors (Lipinski definition) is 1. The second-order valence-corrected chi connectivity index (χ2v) is 9.57. The SMILES string of the molecule is CCCCc1cc(=O)oc2c(C)c(OC(=O)[C@H](Cc3ccccc3)NC(=O)OC(C)(C)C)ccc12. The third-order valence-corrected chi connectivity index (χ3v) is 5.47. The lowest BCUT2D eigenvalue weighted by Crippen LogP contribution is -2.46. The van der Waals surface area contributed by atoms with Gasteiger partial charge in [-0.05, 0) is 63.8 Å². The molecule has 7 heteroatoms. The molecule has 1 amide bonds. The Bertz CT molecular complexity index is 1240. The van der Waals surface area contributed by atoms with Gasteiger partial charge in [0, 0.05) is 23.4 Å². The van der Waals surface area contributed by atoms with Crippen LogP contribution >= 0.6 is 0 Å². The summed E-state index contributed by atoms with van der Waals surface area (Å²) in [6.07, 6.45) is 2.23. The van der Waals surface area contributed by atoms with Crippen LogP contribution < -0.4 is 15.7 Å². The van der Waals surface area contributed by atoms with Gasteiger partial charge in [-0.15, -0.1) is 0 Å². The van der Waals surface area contributed by atoms with E-state index in [9.17, 15) is 14.4 Å². The summed E-state index contributed by atoms with van der Waals surface area (Å²) in [7, 11) is 0. The van der Waals surface area contributed by atoms with Crippen molar-refractivity contribution in [2.75, 3.05) is 0 Å². The predicted molar refractivity (Wildman–Crippen MR) is 135 cm³/mol. The average Bonchev–Trinajstić information content (AvgIpc) is 2.78. The Balaban J connectivity index is 1.89. The predicted octanol–water partition coefficient (Wildman–Crippen LogP) is 5.49. The fourth-order valence-corrected chi connectivity index (χ4v) is 3.77. The zero-order valence-corrected chi connectivity index (χ0v) is 21.0. The van der Waals surface area contributed by atoms with E-state index in [-0.39, 0.29) is 12.2 Å². The average molecular weight is 480 g/mol. The molecule has 0 aliphatic heterocycles. The number of esters is 1. The smallest absolute Gasteiger partial charge is 0.408 e. The summed E-state index contributed by atoms with van der Waals surface area (Å²) < 4.78 is 16.5. The Morgan fingerprint density at radius 1 is 1.09 bits per heavy atom. The van der Waals surface area contributed by atoms with Crippen LogP contribution in [-0.4, -0.2) is 23.7 Å². The molecule has 1 heterocycles. The minimum Gasteiger partial charge on any atom is -0.444 e. The van der Waals surface area contributed by atoms with Crippen LogP contribution in [0, 0.1) is 6.92 Å². The monoisotopic (exact) mass is 479 g/mol. The van der Waals surface area contributed by atoms with Crippen LogP contribution in [0.25, 0.3) is 11.0 Å². The molecular formula is C28H33NO6. The van der Waals surface area contributed by atoms with Gasteiger partial charge in [0.1, 0.15) is 23.0 Å². The van der Waals surface area contributed by atoms with Gasteiger partial charge in [-0.2, -0.15) is 0 Å². The molecule has 0 unspecified atom stereocenters. The zero-order valence-electron chi connectivity index (χ0n) is 21.0. The van der Waals surface area contributed by atoms with E-state index in [1.165, 1.54) is 6.07 Å². The quantitative estimate of drug-likeness (QED) is 0.261. The van der Waals surface area contributed by atoms with Gasteiger partial charge < -0.3 is 19.2 Å². The Kier molecular flexibility index (Phi) is 8.33. The maximum absolute atomic E-state index is 13.2. The van der Waals surface area contributed by atoms with Crippen LogP contribution in [0.2, 0.25) is 0 Å². The van der Waals surface area contributed by atoms with Crippen LogP contribution in [0.1, 0.15) is 57.2 Å². The molecule has 0 bridgehead atoms. The van der Waals surface area contributed by atoms with Crippen molar-refractivity contribution in [2.24, 2.45) is 0 Å². The summed E-state index contributed by atoms with van der Waals surface area (Å²) in [5.74, 6) is -0.381. The van der Waals surface area contributed by atoms with Gasteiger partial charge in [0.05, 0.1) is 0 Å². The number of benzene rings is 2. The number of alkyl carbamates (subject to hydrolysis) is 1. The third kappa shape index (κ3) is 7.18. The molecular weight excluding hydrogens is 446 g/mol. The Labute approximate surface area is 205 Å². The molecule has 35 heavy (non-hydrogen) atoms. The number of fused-ring (bicyclic) bond motifs is 1. The van der Waals surface area contributed by atoms with Gasteiger partial charge >= 0.3 is 17.7 Å². The van der Waals surface area contributed by atoms with Crippen LogP contribution in [-0.2, 0) is 22.4 Å². The highest BCUT2D eigenvalue weighted by Gasteiger charge is 2.27. The maximum atomic E-state index is 13.2. The number of rotatable bonds is 8. The fraction of sp³-hybridized carbons (Fsp3) is 0.393. The molecule has 0 radical (unpaired) electrons. The van der Waals surface area contributed by atoms with Crippen molar-refractivity contribution < 1.29 is 23.5 Å². The first-order valence-corrected chi connectivity index (χ1v) is 11.9. The van der Waals surface area contributed by atoms with Crippen LogP contribution in [0.3, 0.4) is 0 Å². The number of amides is 1. The second kappa shape index (κ2) is 11.2. The second-order valence-electron chi connectivity index (χ2n) is 9.57. The zero-order chi connectivity index (χ0) is 25.6. The number of carbonyl (C=O) groups is 2. The molecule has 1 aromatic heterocycles. The molecule has 1 atom stereocenters. The number of nitrogens with one attached hydrogen (secondary N) is 1.